The van der Waals surface area contributed by atoms with Crippen LogP contribution in [0.3, 0.4) is 0 Å². The van der Waals surface area contributed by atoms with Gasteiger partial charge in [-0.25, -0.2) is 0 Å². The fraction of sp³-hybridized carbons (Fsp3) is 0.111. The van der Waals surface area contributed by atoms with Crippen molar-refractivity contribution in [1.82, 2.24) is 0 Å². The number of para-hydroxylation sites is 1. The van der Waals surface area contributed by atoms with Crippen LogP contribution in [0.15, 0.2) is 40.3 Å². The van der Waals surface area contributed by atoms with Crippen molar-refractivity contribution in [3.8, 4) is 0 Å². The van der Waals surface area contributed by atoms with E-state index in [0.717, 1.165) is 0 Å². The van der Waals surface area contributed by atoms with Crippen molar-refractivity contribution in [2.24, 2.45) is 0 Å². The fourth-order valence-corrected chi connectivity index (χ4v) is 1.96. The molecule has 0 atom stereocenters. The molecule has 1 heterocycles. The van der Waals surface area contributed by atoms with Crippen molar-refractivity contribution < 1.29 is 0 Å². The zero-order valence-corrected chi connectivity index (χ0v) is 7.11. The van der Waals surface area contributed by atoms with Crippen LogP contribution in [0.1, 0.15) is 6.92 Å². The van der Waals surface area contributed by atoms with Gasteiger partial charge < -0.3 is 5.32 Å². The molecule has 0 saturated heterocycles. The third-order valence-electron chi connectivity index (χ3n) is 1.63. The van der Waals surface area contributed by atoms with E-state index in [1.54, 1.807) is 11.8 Å². The third kappa shape index (κ3) is 1.14. The Morgan fingerprint density at radius 3 is 2.91 bits per heavy atom. The van der Waals surface area contributed by atoms with Gasteiger partial charge in [-0.2, -0.15) is 0 Å². The van der Waals surface area contributed by atoms with E-state index in [2.05, 4.69) is 29.6 Å². The Morgan fingerprint density at radius 2 is 2.18 bits per heavy atom. The zero-order valence-electron chi connectivity index (χ0n) is 6.29. The molecule has 0 fully saturated rings. The van der Waals surface area contributed by atoms with Gasteiger partial charge in [-0.3, -0.25) is 0 Å². The molecule has 11 heavy (non-hydrogen) atoms. The predicted octanol–water partition coefficient (Wildman–Crippen LogP) is 3.07. The van der Waals surface area contributed by atoms with E-state index >= 15 is 0 Å². The molecule has 2 rings (SSSR count). The predicted molar refractivity (Wildman–Crippen MR) is 49.7 cm³/mol. The highest BCUT2D eigenvalue weighted by Gasteiger charge is 2.12. The first-order valence-electron chi connectivity index (χ1n) is 3.60. The molecule has 0 radical (unpaired) electrons. The third-order valence-corrected chi connectivity index (χ3v) is 2.76. The molecule has 0 unspecified atom stereocenters. The second kappa shape index (κ2) is 2.62. The number of allylic oxidation sites excluding steroid dienone is 1. The number of nitrogens with one attached hydrogen (secondary N) is 1. The molecule has 1 aromatic rings. The molecular weight excluding hydrogens is 154 g/mol. The second-order valence-corrected chi connectivity index (χ2v) is 3.46. The fourth-order valence-electron chi connectivity index (χ4n) is 1.07. The maximum absolute atomic E-state index is 3.31. The number of hydrogen-bond donors (Lipinski definition) is 1. The van der Waals surface area contributed by atoms with Gasteiger partial charge in [0.05, 0.1) is 10.7 Å². The Labute approximate surface area is 70.5 Å². The van der Waals surface area contributed by atoms with Crippen molar-refractivity contribution in [1.29, 1.82) is 0 Å². The lowest BCUT2D eigenvalue weighted by atomic mass is 10.3. The van der Waals surface area contributed by atoms with Gasteiger partial charge in [0.1, 0.15) is 0 Å². The average Bonchev–Trinajstić information content (AvgIpc) is 2.46. The van der Waals surface area contributed by atoms with Crippen LogP contribution in [-0.4, -0.2) is 0 Å². The molecule has 1 aromatic carbocycles. The minimum Gasteiger partial charge on any atom is -0.349 e. The maximum Gasteiger partial charge on any atom is 0.0731 e. The van der Waals surface area contributed by atoms with Gasteiger partial charge in [0.2, 0.25) is 0 Å². The molecule has 0 aromatic heterocycles. The van der Waals surface area contributed by atoms with E-state index < -0.39 is 0 Å². The summed E-state index contributed by atoms with van der Waals surface area (Å²) in [5, 5.41) is 4.54. The quantitative estimate of drug-likeness (QED) is 0.630. The highest BCUT2D eigenvalue weighted by Crippen LogP contribution is 2.39. The first-order chi connectivity index (χ1) is 5.40. The Balaban J connectivity index is 2.41. The van der Waals surface area contributed by atoms with Crippen molar-refractivity contribution in [3.63, 3.8) is 0 Å². The molecule has 1 nitrogen and oxygen atoms in total. The van der Waals surface area contributed by atoms with Crippen molar-refractivity contribution >= 4 is 17.4 Å². The summed E-state index contributed by atoms with van der Waals surface area (Å²) in [6.07, 6.45) is 2.09. The van der Waals surface area contributed by atoms with Gasteiger partial charge in [0.25, 0.3) is 0 Å². The van der Waals surface area contributed by atoms with E-state index in [-0.39, 0.29) is 0 Å². The van der Waals surface area contributed by atoms with Gasteiger partial charge >= 0.3 is 0 Å². The molecular formula is C9H9NS. The molecule has 0 spiro atoms. The second-order valence-electron chi connectivity index (χ2n) is 2.38. The maximum atomic E-state index is 3.31. The highest BCUT2D eigenvalue weighted by molar-refractivity contribution is 8.03. The Bertz CT molecular complexity index is 277. The van der Waals surface area contributed by atoms with Gasteiger partial charge in [0, 0.05) is 4.90 Å². The molecule has 1 aliphatic heterocycles. The van der Waals surface area contributed by atoms with Gasteiger partial charge in [-0.1, -0.05) is 30.0 Å². The smallest absolute Gasteiger partial charge is 0.0731 e. The molecule has 2 heteroatoms. The van der Waals surface area contributed by atoms with Crippen LogP contribution in [0.4, 0.5) is 5.69 Å². The molecule has 0 amide bonds. The van der Waals surface area contributed by atoms with Crippen LogP contribution in [0.25, 0.3) is 0 Å². The Hall–Kier alpha value is -0.890. The standard InChI is InChI=1S/C9H9NS/c1-2-9-10-7-5-3-4-6-8(7)11-9/h2-6,10H,1H3. The summed E-state index contributed by atoms with van der Waals surface area (Å²) < 4.78 is 0. The van der Waals surface area contributed by atoms with E-state index in [4.69, 9.17) is 0 Å². The molecule has 0 saturated carbocycles. The van der Waals surface area contributed by atoms with E-state index in [1.807, 2.05) is 13.0 Å². The lowest BCUT2D eigenvalue weighted by molar-refractivity contribution is 1.45. The summed E-state index contributed by atoms with van der Waals surface area (Å²) in [6.45, 7) is 2.04. The van der Waals surface area contributed by atoms with Crippen molar-refractivity contribution in [2.45, 2.75) is 11.8 Å². The van der Waals surface area contributed by atoms with Crippen LogP contribution in [0.2, 0.25) is 0 Å². The van der Waals surface area contributed by atoms with Crippen molar-refractivity contribution in [3.05, 3.63) is 35.4 Å². The zero-order chi connectivity index (χ0) is 7.68. The SMILES string of the molecule is CC=C1Nc2ccccc2S1. The normalized spacial score (nSPS) is 18.1. The molecule has 56 valence electrons. The lowest BCUT2D eigenvalue weighted by Gasteiger charge is -1.94. The molecule has 1 N–H and O–H groups in total. The van der Waals surface area contributed by atoms with Crippen LogP contribution in [0.5, 0.6) is 0 Å². The monoisotopic (exact) mass is 163 g/mol. The lowest BCUT2D eigenvalue weighted by Crippen LogP contribution is -1.85. The van der Waals surface area contributed by atoms with Crippen LogP contribution >= 0.6 is 11.8 Å². The number of anilines is 1. The van der Waals surface area contributed by atoms with Crippen LogP contribution < -0.4 is 5.32 Å². The first kappa shape index (κ1) is 6.80. The van der Waals surface area contributed by atoms with Crippen molar-refractivity contribution in [2.75, 3.05) is 5.32 Å². The largest absolute Gasteiger partial charge is 0.349 e. The summed E-state index contributed by atoms with van der Waals surface area (Å²) in [5.74, 6) is 0. The number of hydrogen-bond acceptors (Lipinski definition) is 2. The topological polar surface area (TPSA) is 12.0 Å². The number of rotatable bonds is 0. The highest BCUT2D eigenvalue weighted by atomic mass is 32.2. The van der Waals surface area contributed by atoms with E-state index in [1.165, 1.54) is 15.6 Å². The Kier molecular flexibility index (Phi) is 1.62. The molecule has 1 aliphatic rings. The molecule has 0 bridgehead atoms. The van der Waals surface area contributed by atoms with Gasteiger partial charge in [0.15, 0.2) is 0 Å². The first-order valence-corrected chi connectivity index (χ1v) is 4.42. The average molecular weight is 163 g/mol. The molecule has 0 aliphatic carbocycles. The number of thioether (sulfide) groups is 1. The Morgan fingerprint density at radius 1 is 1.36 bits per heavy atom. The minimum atomic E-state index is 1.23. The summed E-state index contributed by atoms with van der Waals surface area (Å²) >= 11 is 1.79. The van der Waals surface area contributed by atoms with Gasteiger partial charge in [-0.15, -0.1) is 0 Å². The number of fused-ring (bicyclic) bond motifs is 1. The summed E-state index contributed by atoms with van der Waals surface area (Å²) in [7, 11) is 0. The number of benzene rings is 1. The van der Waals surface area contributed by atoms with Crippen LogP contribution in [0, 0.1) is 0 Å². The minimum absolute atomic E-state index is 1.23. The van der Waals surface area contributed by atoms with Gasteiger partial charge in [-0.05, 0) is 19.1 Å². The van der Waals surface area contributed by atoms with Crippen LogP contribution in [-0.2, 0) is 0 Å². The summed E-state index contributed by atoms with van der Waals surface area (Å²) in [6, 6.07) is 8.33. The summed E-state index contributed by atoms with van der Waals surface area (Å²) in [5.41, 5.74) is 1.23. The van der Waals surface area contributed by atoms with E-state index in [0.29, 0.717) is 0 Å². The summed E-state index contributed by atoms with van der Waals surface area (Å²) in [4.78, 5) is 1.32. The van der Waals surface area contributed by atoms with E-state index in [9.17, 15) is 0 Å².